The number of aromatic nitrogens is 1. The third-order valence-electron chi connectivity index (χ3n) is 5.47. The Labute approximate surface area is 190 Å². The number of thiazole rings is 1. The highest BCUT2D eigenvalue weighted by Crippen LogP contribution is 2.30. The Morgan fingerprint density at radius 2 is 1.84 bits per heavy atom. The minimum absolute atomic E-state index is 0.00821. The first kappa shape index (κ1) is 21.7. The molecule has 3 amide bonds. The normalized spacial score (nSPS) is 13.4. The summed E-state index contributed by atoms with van der Waals surface area (Å²) >= 11 is 1.36. The van der Waals surface area contributed by atoms with Crippen molar-refractivity contribution in [3.05, 3.63) is 64.5 Å². The predicted octanol–water partition coefficient (Wildman–Crippen LogP) is 4.17. The molecule has 0 radical (unpaired) electrons. The zero-order valence-corrected chi connectivity index (χ0v) is 19.0. The molecule has 4 rings (SSSR count). The maximum Gasteiger partial charge on any atom is 0.257 e. The number of carbonyl (C=O) groups is 3. The van der Waals surface area contributed by atoms with Crippen LogP contribution in [0.2, 0.25) is 0 Å². The number of anilines is 2. The minimum Gasteiger partial charge on any atom is -0.350 e. The molecule has 2 aromatic carbocycles. The molecule has 0 bridgehead atoms. The summed E-state index contributed by atoms with van der Waals surface area (Å²) in [5.41, 5.74) is 5.13. The quantitative estimate of drug-likeness (QED) is 0.613. The molecule has 0 saturated carbocycles. The van der Waals surface area contributed by atoms with Gasteiger partial charge < -0.3 is 10.2 Å². The molecular weight excluding hydrogens is 424 g/mol. The molecule has 0 saturated heterocycles. The van der Waals surface area contributed by atoms with Gasteiger partial charge in [-0.2, -0.15) is 0 Å². The lowest BCUT2D eigenvalue weighted by molar-refractivity contribution is -0.119. The van der Waals surface area contributed by atoms with Gasteiger partial charge in [-0.25, -0.2) is 4.98 Å². The van der Waals surface area contributed by atoms with Gasteiger partial charge in [0.25, 0.3) is 5.91 Å². The fourth-order valence-electron chi connectivity index (χ4n) is 3.83. The van der Waals surface area contributed by atoms with Crippen LogP contribution in [0.5, 0.6) is 0 Å². The highest BCUT2D eigenvalue weighted by Gasteiger charge is 2.23. The standard InChI is InChI=1S/C24H24N4O3S/c1-14(25-15(2)29)17-4-6-18(7-5-17)21-13-32-24(26-21)27-23(31)20-8-9-22-19(12-20)10-11-28(22)16(3)30/h4-9,12-14H,10-11H2,1-3H3,(H,25,29)(H,26,27,31). The summed E-state index contributed by atoms with van der Waals surface area (Å²) < 4.78 is 0. The van der Waals surface area contributed by atoms with E-state index in [0.717, 1.165) is 34.5 Å². The molecule has 3 aromatic rings. The van der Waals surface area contributed by atoms with E-state index in [4.69, 9.17) is 0 Å². The Hall–Kier alpha value is -3.52. The van der Waals surface area contributed by atoms with Crippen molar-refractivity contribution in [3.63, 3.8) is 0 Å². The van der Waals surface area contributed by atoms with Crippen LogP contribution in [0.1, 0.15) is 48.3 Å². The first-order valence-corrected chi connectivity index (χ1v) is 11.2. The van der Waals surface area contributed by atoms with Gasteiger partial charge in [0.2, 0.25) is 11.8 Å². The van der Waals surface area contributed by atoms with Crippen molar-refractivity contribution in [2.45, 2.75) is 33.2 Å². The summed E-state index contributed by atoms with van der Waals surface area (Å²) in [6.07, 6.45) is 0.744. The van der Waals surface area contributed by atoms with E-state index in [1.807, 2.05) is 48.7 Å². The Bertz CT molecular complexity index is 1190. The second-order valence-electron chi connectivity index (χ2n) is 7.80. The first-order chi connectivity index (χ1) is 15.3. The van der Waals surface area contributed by atoms with Gasteiger partial charge in [-0.15, -0.1) is 11.3 Å². The molecule has 2 heterocycles. The molecular formula is C24H24N4O3S. The van der Waals surface area contributed by atoms with Crippen molar-refractivity contribution in [1.82, 2.24) is 10.3 Å². The molecule has 1 aliphatic rings. The van der Waals surface area contributed by atoms with Crippen molar-refractivity contribution in [3.8, 4) is 11.3 Å². The highest BCUT2D eigenvalue weighted by molar-refractivity contribution is 7.14. The average molecular weight is 449 g/mol. The van der Waals surface area contributed by atoms with Crippen LogP contribution < -0.4 is 15.5 Å². The van der Waals surface area contributed by atoms with Gasteiger partial charge in [0, 0.05) is 42.6 Å². The number of benzene rings is 2. The number of nitrogens with one attached hydrogen (secondary N) is 2. The van der Waals surface area contributed by atoms with Crippen molar-refractivity contribution in [1.29, 1.82) is 0 Å². The molecule has 7 nitrogen and oxygen atoms in total. The SMILES string of the molecule is CC(=O)NC(C)c1ccc(-c2csc(NC(=O)c3ccc4c(c3)CCN4C(C)=O)n2)cc1. The van der Waals surface area contributed by atoms with Crippen LogP contribution >= 0.6 is 11.3 Å². The van der Waals surface area contributed by atoms with E-state index in [1.54, 1.807) is 17.9 Å². The zero-order valence-electron chi connectivity index (χ0n) is 18.1. The molecule has 2 N–H and O–H groups in total. The van der Waals surface area contributed by atoms with E-state index in [9.17, 15) is 14.4 Å². The summed E-state index contributed by atoms with van der Waals surface area (Å²) in [5, 5.41) is 8.15. The molecule has 164 valence electrons. The zero-order chi connectivity index (χ0) is 22.8. The summed E-state index contributed by atoms with van der Waals surface area (Å²) in [5.74, 6) is -0.288. The highest BCUT2D eigenvalue weighted by atomic mass is 32.1. The molecule has 1 atom stereocenters. The number of amides is 3. The van der Waals surface area contributed by atoms with Gasteiger partial charge in [-0.1, -0.05) is 24.3 Å². The molecule has 32 heavy (non-hydrogen) atoms. The van der Waals surface area contributed by atoms with Crippen LogP contribution in [-0.4, -0.2) is 29.3 Å². The number of hydrogen-bond donors (Lipinski definition) is 2. The molecule has 8 heteroatoms. The Morgan fingerprint density at radius 1 is 1.09 bits per heavy atom. The number of hydrogen-bond acceptors (Lipinski definition) is 5. The van der Waals surface area contributed by atoms with Crippen molar-refractivity contribution in [2.24, 2.45) is 0 Å². The third kappa shape index (κ3) is 4.55. The molecule has 0 aliphatic carbocycles. The maximum absolute atomic E-state index is 12.7. The monoisotopic (exact) mass is 448 g/mol. The summed E-state index contributed by atoms with van der Waals surface area (Å²) in [4.78, 5) is 41.9. The van der Waals surface area contributed by atoms with Crippen LogP contribution in [0.15, 0.2) is 47.8 Å². The lowest BCUT2D eigenvalue weighted by atomic mass is 10.1. The maximum atomic E-state index is 12.7. The van der Waals surface area contributed by atoms with Gasteiger partial charge in [-0.3, -0.25) is 19.7 Å². The number of nitrogens with zero attached hydrogens (tertiary/aromatic N) is 2. The Kier molecular flexibility index (Phi) is 6.05. The fourth-order valence-corrected chi connectivity index (χ4v) is 4.55. The van der Waals surface area contributed by atoms with E-state index in [2.05, 4.69) is 15.6 Å². The van der Waals surface area contributed by atoms with Crippen LogP contribution in [-0.2, 0) is 16.0 Å². The lowest BCUT2D eigenvalue weighted by Gasteiger charge is -2.14. The lowest BCUT2D eigenvalue weighted by Crippen LogP contribution is -2.25. The average Bonchev–Trinajstić information content (AvgIpc) is 3.40. The van der Waals surface area contributed by atoms with Crippen LogP contribution in [0.4, 0.5) is 10.8 Å². The smallest absolute Gasteiger partial charge is 0.257 e. The molecule has 1 aliphatic heterocycles. The van der Waals surface area contributed by atoms with Gasteiger partial charge in [0.1, 0.15) is 0 Å². The Morgan fingerprint density at radius 3 is 2.53 bits per heavy atom. The van der Waals surface area contributed by atoms with E-state index >= 15 is 0 Å². The summed E-state index contributed by atoms with van der Waals surface area (Å²) in [6, 6.07) is 13.2. The van der Waals surface area contributed by atoms with E-state index in [-0.39, 0.29) is 23.8 Å². The third-order valence-corrected chi connectivity index (χ3v) is 6.23. The van der Waals surface area contributed by atoms with Crippen molar-refractivity contribution in [2.75, 3.05) is 16.8 Å². The van der Waals surface area contributed by atoms with Crippen molar-refractivity contribution < 1.29 is 14.4 Å². The summed E-state index contributed by atoms with van der Waals surface area (Å²) in [7, 11) is 0. The first-order valence-electron chi connectivity index (χ1n) is 10.4. The van der Waals surface area contributed by atoms with Crippen molar-refractivity contribution >= 4 is 39.9 Å². The van der Waals surface area contributed by atoms with Crippen LogP contribution in [0.25, 0.3) is 11.3 Å². The molecule has 0 spiro atoms. The fraction of sp³-hybridized carbons (Fsp3) is 0.250. The minimum atomic E-state index is -0.227. The van der Waals surface area contributed by atoms with Crippen LogP contribution in [0.3, 0.4) is 0 Å². The van der Waals surface area contributed by atoms with E-state index in [1.165, 1.54) is 18.3 Å². The van der Waals surface area contributed by atoms with Gasteiger partial charge in [0.05, 0.1) is 11.7 Å². The predicted molar refractivity (Wildman–Crippen MR) is 126 cm³/mol. The van der Waals surface area contributed by atoms with Gasteiger partial charge >= 0.3 is 0 Å². The largest absolute Gasteiger partial charge is 0.350 e. The number of fused-ring (bicyclic) bond motifs is 1. The Balaban J connectivity index is 1.44. The second-order valence-corrected chi connectivity index (χ2v) is 8.66. The number of carbonyl (C=O) groups excluding carboxylic acids is 3. The number of rotatable bonds is 5. The molecule has 1 unspecified atom stereocenters. The summed E-state index contributed by atoms with van der Waals surface area (Å²) in [6.45, 7) is 5.63. The van der Waals surface area contributed by atoms with E-state index < -0.39 is 0 Å². The van der Waals surface area contributed by atoms with Gasteiger partial charge in [0.15, 0.2) is 5.13 Å². The molecule has 0 fully saturated rings. The topological polar surface area (TPSA) is 91.4 Å². The molecule has 1 aromatic heterocycles. The van der Waals surface area contributed by atoms with Crippen LogP contribution in [0, 0.1) is 0 Å². The van der Waals surface area contributed by atoms with E-state index in [0.29, 0.717) is 17.2 Å². The van der Waals surface area contributed by atoms with Gasteiger partial charge in [-0.05, 0) is 42.7 Å². The second kappa shape index (κ2) is 8.92.